The van der Waals surface area contributed by atoms with E-state index in [4.69, 9.17) is 9.47 Å². The fourth-order valence-electron chi connectivity index (χ4n) is 2.63. The highest BCUT2D eigenvalue weighted by Gasteiger charge is 2.52. The number of methoxy groups -OCH3 is 1. The molecule has 1 aliphatic heterocycles. The first-order valence-electron chi connectivity index (χ1n) is 6.53. The van der Waals surface area contributed by atoms with E-state index in [9.17, 15) is 9.59 Å². The molecule has 5 nitrogen and oxygen atoms in total. The second-order valence-corrected chi connectivity index (χ2v) is 5.28. The van der Waals surface area contributed by atoms with Crippen molar-refractivity contribution in [1.29, 1.82) is 0 Å². The lowest BCUT2D eigenvalue weighted by Crippen LogP contribution is -2.51. The number of esters is 1. The summed E-state index contributed by atoms with van der Waals surface area (Å²) in [7, 11) is 1.31. The molecular formula is C15H19NO4. The molecule has 0 radical (unpaired) electrons. The third-order valence-electron chi connectivity index (χ3n) is 3.46. The van der Waals surface area contributed by atoms with E-state index >= 15 is 0 Å². The zero-order valence-electron chi connectivity index (χ0n) is 12.1. The molecule has 0 aromatic heterocycles. The smallest absolute Gasteiger partial charge is 0.331 e. The highest BCUT2D eigenvalue weighted by atomic mass is 16.6. The zero-order valence-corrected chi connectivity index (χ0v) is 12.1. The molecule has 1 aromatic rings. The van der Waals surface area contributed by atoms with Crippen LogP contribution >= 0.6 is 0 Å². The molecule has 5 heteroatoms. The van der Waals surface area contributed by atoms with Crippen molar-refractivity contribution in [1.82, 2.24) is 4.90 Å². The number of rotatable bonds is 2. The van der Waals surface area contributed by atoms with Crippen LogP contribution in [-0.2, 0) is 14.3 Å². The summed E-state index contributed by atoms with van der Waals surface area (Å²) in [5.74, 6) is -0.706. The lowest BCUT2D eigenvalue weighted by molar-refractivity contribution is -0.146. The third-order valence-corrected chi connectivity index (χ3v) is 3.46. The van der Waals surface area contributed by atoms with Crippen LogP contribution in [0.25, 0.3) is 0 Å². The van der Waals surface area contributed by atoms with Gasteiger partial charge in [0.25, 0.3) is 5.91 Å². The summed E-state index contributed by atoms with van der Waals surface area (Å²) in [6.07, 6.45) is -0.412. The molecule has 1 aliphatic rings. The topological polar surface area (TPSA) is 55.8 Å². The van der Waals surface area contributed by atoms with Crippen molar-refractivity contribution in [3.05, 3.63) is 35.9 Å². The Morgan fingerprint density at radius 1 is 1.25 bits per heavy atom. The van der Waals surface area contributed by atoms with Crippen LogP contribution in [0.1, 0.15) is 31.1 Å². The van der Waals surface area contributed by atoms with Crippen molar-refractivity contribution in [2.45, 2.75) is 38.6 Å². The van der Waals surface area contributed by atoms with Crippen LogP contribution in [0.4, 0.5) is 0 Å². The number of carbonyl (C=O) groups is 2. The van der Waals surface area contributed by atoms with Gasteiger partial charge in [-0.05, 0) is 32.9 Å². The van der Waals surface area contributed by atoms with Crippen molar-refractivity contribution >= 4 is 11.9 Å². The number of hydrogen-bond donors (Lipinski definition) is 0. The lowest BCUT2D eigenvalue weighted by atomic mass is 10.1. The van der Waals surface area contributed by atoms with Gasteiger partial charge in [0.1, 0.15) is 5.72 Å². The molecule has 20 heavy (non-hydrogen) atoms. The normalized spacial score (nSPS) is 24.5. The quantitative estimate of drug-likeness (QED) is 0.774. The Morgan fingerprint density at radius 2 is 1.85 bits per heavy atom. The van der Waals surface area contributed by atoms with E-state index in [1.54, 1.807) is 45.0 Å². The van der Waals surface area contributed by atoms with Gasteiger partial charge in [0.05, 0.1) is 13.2 Å². The van der Waals surface area contributed by atoms with E-state index in [2.05, 4.69) is 0 Å². The summed E-state index contributed by atoms with van der Waals surface area (Å²) in [4.78, 5) is 26.1. The summed E-state index contributed by atoms with van der Waals surface area (Å²) in [5, 5.41) is 0. The summed E-state index contributed by atoms with van der Waals surface area (Å²) in [5.41, 5.74) is -0.335. The monoisotopic (exact) mass is 277 g/mol. The third kappa shape index (κ3) is 2.41. The largest absolute Gasteiger partial charge is 0.467 e. The molecule has 0 bridgehead atoms. The van der Waals surface area contributed by atoms with Crippen LogP contribution in [0.5, 0.6) is 0 Å². The van der Waals surface area contributed by atoms with E-state index in [0.717, 1.165) is 0 Å². The minimum Gasteiger partial charge on any atom is -0.467 e. The van der Waals surface area contributed by atoms with Crippen LogP contribution in [-0.4, -0.2) is 41.8 Å². The SMILES string of the molecule is COC(=O)[C@@H]1[C@@H](C)OC(C)(C)N1C(=O)c1ccccc1. The highest BCUT2D eigenvalue weighted by molar-refractivity contribution is 5.97. The molecule has 0 aliphatic carbocycles. The van der Waals surface area contributed by atoms with Gasteiger partial charge in [-0.3, -0.25) is 9.69 Å². The zero-order chi connectivity index (χ0) is 14.9. The molecule has 108 valence electrons. The minimum atomic E-state index is -0.856. The van der Waals surface area contributed by atoms with E-state index < -0.39 is 23.8 Å². The number of amides is 1. The first-order chi connectivity index (χ1) is 9.38. The molecule has 0 N–H and O–H groups in total. The van der Waals surface area contributed by atoms with Gasteiger partial charge in [0.15, 0.2) is 6.04 Å². The first kappa shape index (κ1) is 14.5. The molecular weight excluding hydrogens is 258 g/mol. The van der Waals surface area contributed by atoms with Gasteiger partial charge >= 0.3 is 5.97 Å². The Labute approximate surface area is 118 Å². The van der Waals surface area contributed by atoms with Gasteiger partial charge in [0.2, 0.25) is 0 Å². The Hall–Kier alpha value is -1.88. The maximum Gasteiger partial charge on any atom is 0.331 e. The summed E-state index contributed by atoms with van der Waals surface area (Å²) >= 11 is 0. The molecule has 1 heterocycles. The Kier molecular flexibility index (Phi) is 3.81. The molecule has 0 saturated carbocycles. The van der Waals surface area contributed by atoms with Gasteiger partial charge < -0.3 is 9.47 Å². The average Bonchev–Trinajstić information content (AvgIpc) is 2.67. The fraction of sp³-hybridized carbons (Fsp3) is 0.467. The maximum atomic E-state index is 12.7. The average molecular weight is 277 g/mol. The molecule has 1 aromatic carbocycles. The van der Waals surface area contributed by atoms with E-state index in [0.29, 0.717) is 5.56 Å². The van der Waals surface area contributed by atoms with Crippen molar-refractivity contribution in [2.75, 3.05) is 7.11 Å². The number of carbonyl (C=O) groups excluding carboxylic acids is 2. The van der Waals surface area contributed by atoms with Crippen LogP contribution in [0.3, 0.4) is 0 Å². The standard InChI is InChI=1S/C15H19NO4/c1-10-12(14(18)19-4)16(15(2,3)20-10)13(17)11-8-6-5-7-9-11/h5-10,12H,1-4H3/t10-,12+/m1/s1. The van der Waals surface area contributed by atoms with E-state index in [1.807, 2.05) is 6.07 Å². The first-order valence-corrected chi connectivity index (χ1v) is 6.53. The second kappa shape index (κ2) is 5.25. The summed E-state index contributed by atoms with van der Waals surface area (Å²) in [6.45, 7) is 5.31. The van der Waals surface area contributed by atoms with Crippen molar-refractivity contribution in [3.8, 4) is 0 Å². The predicted molar refractivity (Wildman–Crippen MR) is 73.0 cm³/mol. The van der Waals surface area contributed by atoms with Crippen LogP contribution in [0.2, 0.25) is 0 Å². The van der Waals surface area contributed by atoms with E-state index in [-0.39, 0.29) is 5.91 Å². The van der Waals surface area contributed by atoms with Crippen LogP contribution in [0, 0.1) is 0 Å². The molecule has 0 spiro atoms. The molecule has 1 amide bonds. The Balaban J connectivity index is 2.39. The Bertz CT molecular complexity index is 512. The van der Waals surface area contributed by atoms with E-state index in [1.165, 1.54) is 12.0 Å². The number of benzene rings is 1. The lowest BCUT2D eigenvalue weighted by Gasteiger charge is -2.32. The van der Waals surface area contributed by atoms with Crippen molar-refractivity contribution in [3.63, 3.8) is 0 Å². The number of nitrogens with zero attached hydrogens (tertiary/aromatic N) is 1. The van der Waals surface area contributed by atoms with Crippen molar-refractivity contribution < 1.29 is 19.1 Å². The fourth-order valence-corrected chi connectivity index (χ4v) is 2.63. The predicted octanol–water partition coefficient (Wildman–Crippen LogP) is 1.83. The maximum absolute atomic E-state index is 12.7. The number of hydrogen-bond acceptors (Lipinski definition) is 4. The minimum absolute atomic E-state index is 0.240. The summed E-state index contributed by atoms with van der Waals surface area (Å²) in [6, 6.07) is 8.11. The highest BCUT2D eigenvalue weighted by Crippen LogP contribution is 2.34. The molecule has 1 fully saturated rings. The molecule has 2 atom stereocenters. The molecule has 2 rings (SSSR count). The van der Waals surface area contributed by atoms with Gasteiger partial charge in [0, 0.05) is 5.56 Å². The van der Waals surface area contributed by atoms with Crippen LogP contribution in [0.15, 0.2) is 30.3 Å². The van der Waals surface area contributed by atoms with Gasteiger partial charge in [-0.15, -0.1) is 0 Å². The summed E-state index contributed by atoms with van der Waals surface area (Å²) < 4.78 is 10.5. The van der Waals surface area contributed by atoms with Crippen LogP contribution < -0.4 is 0 Å². The van der Waals surface area contributed by atoms with Gasteiger partial charge in [-0.25, -0.2) is 4.79 Å². The number of ether oxygens (including phenoxy) is 2. The Morgan fingerprint density at radius 3 is 2.40 bits per heavy atom. The molecule has 0 unspecified atom stereocenters. The van der Waals surface area contributed by atoms with Crippen molar-refractivity contribution in [2.24, 2.45) is 0 Å². The second-order valence-electron chi connectivity index (χ2n) is 5.28. The van der Waals surface area contributed by atoms with Gasteiger partial charge in [-0.2, -0.15) is 0 Å². The van der Waals surface area contributed by atoms with Gasteiger partial charge in [-0.1, -0.05) is 18.2 Å². The molecule has 1 saturated heterocycles.